The molecule has 1 aliphatic rings. The van der Waals surface area contributed by atoms with Crippen LogP contribution in [0.4, 0.5) is 0 Å². The van der Waals surface area contributed by atoms with Gasteiger partial charge in [-0.1, -0.05) is 0 Å². The lowest BCUT2D eigenvalue weighted by Crippen LogP contribution is -2.17. The molecule has 48 valence electrons. The van der Waals surface area contributed by atoms with E-state index >= 15 is 0 Å². The average Bonchev–Trinajstić information content (AvgIpc) is 1.86. The van der Waals surface area contributed by atoms with E-state index in [0.717, 1.165) is 17.7 Å². The normalized spacial score (nSPS) is 38.5. The zero-order chi connectivity index (χ0) is 6.20. The van der Waals surface area contributed by atoms with Crippen molar-refractivity contribution in [1.29, 1.82) is 0 Å². The van der Waals surface area contributed by atoms with E-state index in [4.69, 9.17) is 5.14 Å². The Balaban J connectivity index is 3.08. The molecule has 0 bridgehead atoms. The molecular formula is C5H11NOS. The molecular weight excluding hydrogens is 122 g/mol. The van der Waals surface area contributed by atoms with Gasteiger partial charge in [0.25, 0.3) is 0 Å². The van der Waals surface area contributed by atoms with E-state index in [1.807, 2.05) is 6.92 Å². The topological polar surface area (TPSA) is 43.1 Å². The van der Waals surface area contributed by atoms with Gasteiger partial charge in [0.15, 0.2) is 0 Å². The largest absolute Gasteiger partial charge is 0.259 e. The Morgan fingerprint density at radius 1 is 1.75 bits per heavy atom. The van der Waals surface area contributed by atoms with Gasteiger partial charge in [-0.2, -0.15) is 0 Å². The van der Waals surface area contributed by atoms with E-state index in [9.17, 15) is 4.21 Å². The highest BCUT2D eigenvalue weighted by Crippen LogP contribution is 2.07. The molecule has 0 spiro atoms. The van der Waals surface area contributed by atoms with Crippen LogP contribution in [0.15, 0.2) is 0 Å². The summed E-state index contributed by atoms with van der Waals surface area (Å²) in [5.74, 6) is 0.707. The summed E-state index contributed by atoms with van der Waals surface area (Å²) in [4.78, 5) is 0.998. The van der Waals surface area contributed by atoms with Crippen LogP contribution in [-0.2, 0) is 9.71 Å². The Kier molecular flexibility index (Phi) is 1.33. The van der Waals surface area contributed by atoms with Crippen LogP contribution in [0.3, 0.4) is 0 Å². The molecule has 0 aliphatic carbocycles. The van der Waals surface area contributed by atoms with Crippen LogP contribution in [-0.4, -0.2) is 14.8 Å². The summed E-state index contributed by atoms with van der Waals surface area (Å²) in [7, 11) is -1.96. The van der Waals surface area contributed by atoms with E-state index in [0.29, 0.717) is 5.75 Å². The lowest BCUT2D eigenvalue weighted by molar-refractivity contribution is 0.682. The van der Waals surface area contributed by atoms with Crippen molar-refractivity contribution in [3.8, 4) is 0 Å². The van der Waals surface area contributed by atoms with Crippen LogP contribution in [0.1, 0.15) is 19.8 Å². The molecule has 1 atom stereocenters. The Morgan fingerprint density at radius 3 is 2.50 bits per heavy atom. The summed E-state index contributed by atoms with van der Waals surface area (Å²) in [5.41, 5.74) is 0. The maximum Gasteiger partial charge on any atom is 0.0295 e. The first-order valence-electron chi connectivity index (χ1n) is 2.75. The number of hydrogen-bond acceptors (Lipinski definition) is 1. The van der Waals surface area contributed by atoms with Crippen LogP contribution >= 0.6 is 0 Å². The fourth-order valence-corrected chi connectivity index (χ4v) is 2.29. The number of rotatable bonds is 0. The van der Waals surface area contributed by atoms with Gasteiger partial charge in [0.1, 0.15) is 0 Å². The summed E-state index contributed by atoms with van der Waals surface area (Å²) in [5, 5.41) is 5.41. The van der Waals surface area contributed by atoms with Gasteiger partial charge >= 0.3 is 0 Å². The number of hydrogen-bond donors (Lipinski definition) is 1. The van der Waals surface area contributed by atoms with Gasteiger partial charge in [-0.25, -0.2) is 0 Å². The highest BCUT2D eigenvalue weighted by molar-refractivity contribution is 8.00. The Morgan fingerprint density at radius 2 is 2.38 bits per heavy atom. The zero-order valence-electron chi connectivity index (χ0n) is 5.02. The third-order valence-corrected chi connectivity index (χ3v) is 3.85. The Labute approximate surface area is 50.2 Å². The lowest BCUT2D eigenvalue weighted by atomic mass is 10.3. The third-order valence-electron chi connectivity index (χ3n) is 1.57. The van der Waals surface area contributed by atoms with Crippen LogP contribution in [0.25, 0.3) is 0 Å². The van der Waals surface area contributed by atoms with Crippen molar-refractivity contribution in [3.63, 3.8) is 0 Å². The van der Waals surface area contributed by atoms with E-state index in [2.05, 4.69) is 0 Å². The predicted octanol–water partition coefficient (Wildman–Crippen LogP) is 0.131. The fraction of sp³-hybridized carbons (Fsp3) is 0.800. The average molecular weight is 133 g/mol. The van der Waals surface area contributed by atoms with Gasteiger partial charge in [0.2, 0.25) is 0 Å². The molecule has 0 aromatic rings. The molecule has 0 saturated carbocycles. The molecule has 3 heteroatoms. The second-order valence-electron chi connectivity index (χ2n) is 2.24. The molecule has 8 heavy (non-hydrogen) atoms. The molecule has 0 amide bonds. The summed E-state index contributed by atoms with van der Waals surface area (Å²) >= 11 is 0. The fourth-order valence-electron chi connectivity index (χ4n) is 0.883. The second-order valence-corrected chi connectivity index (χ2v) is 4.79. The first-order chi connectivity index (χ1) is 3.63. The second kappa shape index (κ2) is 1.74. The van der Waals surface area contributed by atoms with Crippen molar-refractivity contribution < 1.29 is 4.21 Å². The van der Waals surface area contributed by atoms with Crippen LogP contribution in [0.5, 0.6) is 0 Å². The molecule has 0 radical (unpaired) electrons. The minimum absolute atomic E-state index is 0.707. The highest BCUT2D eigenvalue weighted by atomic mass is 32.2. The van der Waals surface area contributed by atoms with Crippen molar-refractivity contribution in [1.82, 2.24) is 0 Å². The monoisotopic (exact) mass is 133 g/mol. The lowest BCUT2D eigenvalue weighted by Gasteiger charge is -1.94. The van der Waals surface area contributed by atoms with Crippen molar-refractivity contribution >= 4 is 14.6 Å². The van der Waals surface area contributed by atoms with Gasteiger partial charge < -0.3 is 0 Å². The van der Waals surface area contributed by atoms with E-state index < -0.39 is 9.71 Å². The molecule has 1 rings (SSSR count). The number of nitrogens with two attached hydrogens (primary N) is 1. The smallest absolute Gasteiger partial charge is 0.0295 e. The quantitative estimate of drug-likeness (QED) is 0.469. The Hall–Kier alpha value is -0.0200. The molecule has 1 heterocycles. The molecule has 2 N–H and O–H groups in total. The zero-order valence-corrected chi connectivity index (χ0v) is 5.83. The first-order valence-corrected chi connectivity index (χ1v) is 4.54. The molecule has 1 aliphatic heterocycles. The first kappa shape index (κ1) is 6.11. The van der Waals surface area contributed by atoms with Crippen molar-refractivity contribution in [2.45, 2.75) is 19.8 Å². The maximum atomic E-state index is 11.1. The molecule has 0 fully saturated rings. The summed E-state index contributed by atoms with van der Waals surface area (Å²) < 4.78 is 11.1. The molecule has 1 unspecified atom stereocenters. The van der Waals surface area contributed by atoms with Crippen LogP contribution in [0, 0.1) is 0 Å². The molecule has 0 saturated heterocycles. The van der Waals surface area contributed by atoms with Crippen LogP contribution in [0.2, 0.25) is 0 Å². The van der Waals surface area contributed by atoms with E-state index in [1.54, 1.807) is 0 Å². The maximum absolute atomic E-state index is 11.1. The van der Waals surface area contributed by atoms with E-state index in [-0.39, 0.29) is 0 Å². The minimum Gasteiger partial charge on any atom is -0.259 e. The Bertz CT molecular complexity index is 200. The highest BCUT2D eigenvalue weighted by Gasteiger charge is 2.12. The summed E-state index contributed by atoms with van der Waals surface area (Å²) in [6, 6.07) is 0. The predicted molar refractivity (Wildman–Crippen MR) is 37.1 cm³/mol. The SMILES string of the molecule is CC1=S(N)(=O)CCC1. The van der Waals surface area contributed by atoms with Gasteiger partial charge in [-0.3, -0.25) is 9.35 Å². The van der Waals surface area contributed by atoms with Gasteiger partial charge in [-0.05, 0) is 24.6 Å². The van der Waals surface area contributed by atoms with Crippen molar-refractivity contribution in [2.75, 3.05) is 5.75 Å². The molecule has 0 aromatic carbocycles. The summed E-state index contributed by atoms with van der Waals surface area (Å²) in [6.07, 6.45) is 1.98. The van der Waals surface area contributed by atoms with Crippen LogP contribution < -0.4 is 5.14 Å². The van der Waals surface area contributed by atoms with Gasteiger partial charge in [0, 0.05) is 15.5 Å². The minimum atomic E-state index is -1.96. The van der Waals surface area contributed by atoms with E-state index in [1.165, 1.54) is 0 Å². The van der Waals surface area contributed by atoms with Crippen molar-refractivity contribution in [2.24, 2.45) is 5.14 Å². The standard InChI is InChI=1S/C5H11NOS/c1-5-3-2-4-8(5,6)7/h2-4H2,1H3,(H2,6,7). The molecule has 0 aromatic heterocycles. The van der Waals surface area contributed by atoms with Gasteiger partial charge in [0.05, 0.1) is 0 Å². The van der Waals surface area contributed by atoms with Gasteiger partial charge in [-0.15, -0.1) is 0 Å². The van der Waals surface area contributed by atoms with Crippen molar-refractivity contribution in [3.05, 3.63) is 0 Å². The summed E-state index contributed by atoms with van der Waals surface area (Å²) in [6.45, 7) is 1.88. The third kappa shape index (κ3) is 0.880. The molecule has 2 nitrogen and oxygen atoms in total.